The molecule has 14 heteroatoms. The van der Waals surface area contributed by atoms with Crippen molar-refractivity contribution in [2.24, 2.45) is 0 Å². The number of carbonyl (C=O) groups excluding carboxylic acids is 3. The van der Waals surface area contributed by atoms with Crippen molar-refractivity contribution in [2.45, 2.75) is 25.8 Å². The number of hydrazine groups is 1. The van der Waals surface area contributed by atoms with Gasteiger partial charge in [-0.2, -0.15) is 5.10 Å². The van der Waals surface area contributed by atoms with Gasteiger partial charge in [-0.15, -0.1) is 0 Å². The second kappa shape index (κ2) is 8.82. The summed E-state index contributed by atoms with van der Waals surface area (Å²) >= 11 is 0. The highest BCUT2D eigenvalue weighted by Gasteiger charge is 2.52. The molecule has 5 N–H and O–H groups in total. The monoisotopic (exact) mass is 505 g/mol. The van der Waals surface area contributed by atoms with Gasteiger partial charge in [-0.3, -0.25) is 29.9 Å². The number of nitrogens with two attached hydrogens (primary N) is 1. The van der Waals surface area contributed by atoms with E-state index < -0.39 is 29.0 Å². The molecule has 5 rings (SSSR count). The maximum absolute atomic E-state index is 14.3. The number of carbonyl (C=O) groups is 3. The van der Waals surface area contributed by atoms with Crippen molar-refractivity contribution in [3.05, 3.63) is 59.6 Å². The molecule has 0 saturated carbocycles. The number of fused-ring (bicyclic) bond motifs is 1. The summed E-state index contributed by atoms with van der Waals surface area (Å²) in [6.07, 6.45) is 1.39. The van der Waals surface area contributed by atoms with E-state index in [9.17, 15) is 18.8 Å². The Kier molecular flexibility index (Phi) is 5.62. The lowest BCUT2D eigenvalue weighted by Crippen LogP contribution is -2.52. The Balaban J connectivity index is 1.56. The van der Waals surface area contributed by atoms with Crippen LogP contribution in [0, 0.1) is 5.82 Å². The maximum Gasteiger partial charge on any atom is 0.258 e. The van der Waals surface area contributed by atoms with E-state index in [2.05, 4.69) is 36.4 Å². The number of anilines is 2. The molecule has 0 aliphatic carbocycles. The largest absolute Gasteiger partial charge is 0.383 e. The van der Waals surface area contributed by atoms with E-state index in [4.69, 9.17) is 10.3 Å². The summed E-state index contributed by atoms with van der Waals surface area (Å²) in [5, 5.41) is 11.0. The van der Waals surface area contributed by atoms with Crippen LogP contribution < -0.4 is 21.9 Å². The Hall–Kier alpha value is -5.14. The lowest BCUT2D eigenvalue weighted by molar-refractivity contribution is -0.136. The zero-order valence-corrected chi connectivity index (χ0v) is 19.6. The third kappa shape index (κ3) is 4.03. The Morgan fingerprint density at radius 2 is 1.97 bits per heavy atom. The Labute approximate surface area is 208 Å². The summed E-state index contributed by atoms with van der Waals surface area (Å²) in [4.78, 5) is 45.5. The van der Waals surface area contributed by atoms with E-state index in [1.165, 1.54) is 30.9 Å². The molecular formula is C23H20FN9O4. The maximum atomic E-state index is 14.3. The number of halogens is 1. The minimum absolute atomic E-state index is 0.0274. The van der Waals surface area contributed by atoms with Crippen LogP contribution in [0.5, 0.6) is 0 Å². The fourth-order valence-electron chi connectivity index (χ4n) is 3.99. The molecule has 1 atom stereocenters. The van der Waals surface area contributed by atoms with Crippen molar-refractivity contribution in [3.63, 3.8) is 0 Å². The van der Waals surface area contributed by atoms with Gasteiger partial charge in [0.25, 0.3) is 5.91 Å². The van der Waals surface area contributed by atoms with E-state index in [0.29, 0.717) is 17.0 Å². The zero-order valence-electron chi connectivity index (χ0n) is 19.6. The molecule has 188 valence electrons. The number of rotatable bonds is 5. The van der Waals surface area contributed by atoms with E-state index in [-0.39, 0.29) is 35.3 Å². The highest BCUT2D eigenvalue weighted by Crippen LogP contribution is 2.41. The summed E-state index contributed by atoms with van der Waals surface area (Å²) in [6.45, 7) is 2.62. The van der Waals surface area contributed by atoms with Crippen molar-refractivity contribution in [1.82, 2.24) is 35.8 Å². The molecule has 1 aromatic carbocycles. The fourth-order valence-corrected chi connectivity index (χ4v) is 3.99. The summed E-state index contributed by atoms with van der Waals surface area (Å²) in [5.41, 5.74) is 10.4. The number of hydrogen-bond donors (Lipinski definition) is 4. The molecule has 3 amide bonds. The molecule has 0 bridgehead atoms. The highest BCUT2D eigenvalue weighted by atomic mass is 19.1. The van der Waals surface area contributed by atoms with Crippen LogP contribution in [0.2, 0.25) is 0 Å². The van der Waals surface area contributed by atoms with Gasteiger partial charge in [-0.1, -0.05) is 23.4 Å². The minimum Gasteiger partial charge on any atom is -0.383 e. The van der Waals surface area contributed by atoms with Crippen LogP contribution >= 0.6 is 0 Å². The van der Waals surface area contributed by atoms with Gasteiger partial charge >= 0.3 is 0 Å². The van der Waals surface area contributed by atoms with Crippen LogP contribution in [0.15, 0.2) is 47.2 Å². The molecule has 37 heavy (non-hydrogen) atoms. The molecule has 4 heterocycles. The number of hydrogen-bond acceptors (Lipinski definition) is 9. The van der Waals surface area contributed by atoms with Gasteiger partial charge in [0.05, 0.1) is 17.8 Å². The second-order valence-electron chi connectivity index (χ2n) is 8.42. The SMILES string of the molecule is CC(=O)NNC(=O)C1(C)C(=O)Nc2nc(-c3cc(-c4ccon4)n(Cc4ccccc4F)n3)nc(N)c21. The third-order valence-corrected chi connectivity index (χ3v) is 5.92. The average molecular weight is 505 g/mol. The minimum atomic E-state index is -1.80. The summed E-state index contributed by atoms with van der Waals surface area (Å²) in [5.74, 6) is -2.49. The Morgan fingerprint density at radius 1 is 1.19 bits per heavy atom. The molecule has 0 fully saturated rings. The van der Waals surface area contributed by atoms with Crippen LogP contribution in [0.1, 0.15) is 25.0 Å². The lowest BCUT2D eigenvalue weighted by Gasteiger charge is -2.21. The summed E-state index contributed by atoms with van der Waals surface area (Å²) < 4.78 is 20.8. The van der Waals surface area contributed by atoms with Crippen molar-refractivity contribution in [1.29, 1.82) is 0 Å². The van der Waals surface area contributed by atoms with Gasteiger partial charge < -0.3 is 15.6 Å². The molecule has 0 saturated heterocycles. The number of nitrogens with zero attached hydrogens (tertiary/aromatic N) is 5. The van der Waals surface area contributed by atoms with Crippen LogP contribution in [-0.2, 0) is 26.3 Å². The van der Waals surface area contributed by atoms with Gasteiger partial charge in [0.15, 0.2) is 11.2 Å². The molecule has 1 aliphatic heterocycles. The normalized spacial score (nSPS) is 16.2. The molecule has 0 radical (unpaired) electrons. The van der Waals surface area contributed by atoms with Crippen LogP contribution in [-0.4, -0.2) is 42.6 Å². The van der Waals surface area contributed by atoms with Gasteiger partial charge in [0.1, 0.15) is 35.1 Å². The first kappa shape index (κ1) is 23.6. The first-order chi connectivity index (χ1) is 17.7. The van der Waals surface area contributed by atoms with Gasteiger partial charge in [0.2, 0.25) is 11.8 Å². The molecular weight excluding hydrogens is 485 g/mol. The number of aromatic nitrogens is 5. The van der Waals surface area contributed by atoms with Crippen molar-refractivity contribution in [2.75, 3.05) is 11.1 Å². The summed E-state index contributed by atoms with van der Waals surface area (Å²) in [7, 11) is 0. The molecule has 3 aromatic heterocycles. The smallest absolute Gasteiger partial charge is 0.258 e. The van der Waals surface area contributed by atoms with Gasteiger partial charge in [-0.05, 0) is 19.1 Å². The number of nitrogens with one attached hydrogen (secondary N) is 3. The predicted octanol–water partition coefficient (Wildman–Crippen LogP) is 1.14. The third-order valence-electron chi connectivity index (χ3n) is 5.92. The Morgan fingerprint density at radius 3 is 2.68 bits per heavy atom. The summed E-state index contributed by atoms with van der Waals surface area (Å²) in [6, 6.07) is 9.53. The zero-order chi connectivity index (χ0) is 26.3. The van der Waals surface area contributed by atoms with Crippen LogP contribution in [0.3, 0.4) is 0 Å². The van der Waals surface area contributed by atoms with Crippen molar-refractivity contribution >= 4 is 29.4 Å². The molecule has 1 unspecified atom stereocenters. The van der Waals surface area contributed by atoms with Crippen molar-refractivity contribution in [3.8, 4) is 22.9 Å². The molecule has 4 aromatic rings. The molecule has 13 nitrogen and oxygen atoms in total. The van der Waals surface area contributed by atoms with E-state index in [0.717, 1.165) is 0 Å². The van der Waals surface area contributed by atoms with Crippen LogP contribution in [0.4, 0.5) is 16.0 Å². The lowest BCUT2D eigenvalue weighted by atomic mass is 9.83. The van der Waals surface area contributed by atoms with Crippen LogP contribution in [0.25, 0.3) is 22.9 Å². The number of nitrogen functional groups attached to an aromatic ring is 1. The fraction of sp³-hybridized carbons (Fsp3) is 0.174. The second-order valence-corrected chi connectivity index (χ2v) is 8.42. The first-order valence-electron chi connectivity index (χ1n) is 11.0. The standard InChI is InChI=1S/C23H20FN9O4/c1-11(34)29-30-22(36)23(2)17-18(25)26-19(27-20(17)28-21(23)35)15-9-16(14-7-8-37-32-14)33(31-15)10-12-5-3-4-6-13(12)24/h3-9H,10H2,1-2H3,(H,29,34)(H,30,36)(H3,25,26,27,28,35). The molecule has 1 aliphatic rings. The van der Waals surface area contributed by atoms with E-state index in [1.807, 2.05) is 0 Å². The molecule has 0 spiro atoms. The quantitative estimate of drug-likeness (QED) is 0.228. The van der Waals surface area contributed by atoms with Gasteiger partial charge in [-0.25, -0.2) is 14.4 Å². The number of benzene rings is 1. The first-order valence-corrected chi connectivity index (χ1v) is 11.0. The van der Waals surface area contributed by atoms with E-state index in [1.54, 1.807) is 30.3 Å². The van der Waals surface area contributed by atoms with E-state index >= 15 is 0 Å². The average Bonchev–Trinajstić information content (AvgIpc) is 3.58. The topological polar surface area (TPSA) is 183 Å². The highest BCUT2D eigenvalue weighted by molar-refractivity contribution is 6.21. The predicted molar refractivity (Wildman–Crippen MR) is 127 cm³/mol. The van der Waals surface area contributed by atoms with Crippen molar-refractivity contribution < 1.29 is 23.3 Å². The number of amides is 3. The van der Waals surface area contributed by atoms with Gasteiger partial charge in [0, 0.05) is 18.6 Å². The Bertz CT molecular complexity index is 1550.